The molecule has 3 aliphatic heterocycles. The van der Waals surface area contributed by atoms with E-state index < -0.39 is 12.1 Å². The molecule has 31 heavy (non-hydrogen) atoms. The molecule has 3 amide bonds. The van der Waals surface area contributed by atoms with Crippen LogP contribution in [0.4, 0.5) is 18.0 Å². The van der Waals surface area contributed by atoms with Crippen LogP contribution >= 0.6 is 0 Å². The number of carbonyl (C=O) groups is 3. The van der Waals surface area contributed by atoms with Crippen LogP contribution in [0.2, 0.25) is 0 Å². The summed E-state index contributed by atoms with van der Waals surface area (Å²) in [5.74, 6) is -2.54. The van der Waals surface area contributed by atoms with E-state index in [1.807, 2.05) is 21.0 Å². The molecule has 0 atom stereocenters. The molecule has 0 spiro atoms. The normalized spacial score (nSPS) is 19.1. The zero-order chi connectivity index (χ0) is 22.6. The SMILES string of the molecule is O=C(O)C(F)(F)F.O=C1CCCN1Cc1ncn2c1CN(C(=O)N1CCCC1)CCC2. The first-order chi connectivity index (χ1) is 14.7. The van der Waals surface area contributed by atoms with Crippen molar-refractivity contribution in [2.75, 3.05) is 26.2 Å². The average Bonchev–Trinajstić information content (AvgIpc) is 3.42. The molecule has 12 heteroatoms. The largest absolute Gasteiger partial charge is 0.490 e. The van der Waals surface area contributed by atoms with Crippen molar-refractivity contribution in [2.45, 2.75) is 57.9 Å². The Morgan fingerprint density at radius 1 is 1.00 bits per heavy atom. The van der Waals surface area contributed by atoms with Crippen LogP contribution < -0.4 is 0 Å². The quantitative estimate of drug-likeness (QED) is 0.751. The van der Waals surface area contributed by atoms with E-state index in [0.29, 0.717) is 19.5 Å². The van der Waals surface area contributed by atoms with Crippen molar-refractivity contribution in [1.82, 2.24) is 24.3 Å². The van der Waals surface area contributed by atoms with Crippen molar-refractivity contribution in [1.29, 1.82) is 0 Å². The molecule has 0 aliphatic carbocycles. The Bertz CT molecular complexity index is 820. The maximum absolute atomic E-state index is 12.8. The number of fused-ring (bicyclic) bond motifs is 1. The van der Waals surface area contributed by atoms with Crippen LogP contribution in [0.15, 0.2) is 6.33 Å². The summed E-state index contributed by atoms with van der Waals surface area (Å²) in [6, 6.07) is 0.158. The molecule has 172 valence electrons. The van der Waals surface area contributed by atoms with E-state index in [-0.39, 0.29) is 11.9 Å². The average molecular weight is 445 g/mol. The minimum Gasteiger partial charge on any atom is -0.475 e. The van der Waals surface area contributed by atoms with Crippen LogP contribution in [0.25, 0.3) is 0 Å². The molecule has 2 saturated heterocycles. The minimum atomic E-state index is -5.08. The van der Waals surface area contributed by atoms with Gasteiger partial charge in [-0.25, -0.2) is 14.6 Å². The van der Waals surface area contributed by atoms with Crippen LogP contribution in [-0.2, 0) is 29.2 Å². The molecule has 1 aromatic heterocycles. The van der Waals surface area contributed by atoms with Gasteiger partial charge >= 0.3 is 18.2 Å². The molecule has 0 saturated carbocycles. The number of carboxylic acid groups (broad SMARTS) is 1. The maximum atomic E-state index is 12.8. The van der Waals surface area contributed by atoms with Gasteiger partial charge in [0.1, 0.15) is 0 Å². The second-order valence-corrected chi connectivity index (χ2v) is 7.80. The van der Waals surface area contributed by atoms with Crippen molar-refractivity contribution in [2.24, 2.45) is 0 Å². The summed E-state index contributed by atoms with van der Waals surface area (Å²) in [5.41, 5.74) is 2.05. The van der Waals surface area contributed by atoms with Crippen LogP contribution in [0.1, 0.15) is 43.5 Å². The van der Waals surface area contributed by atoms with Crippen molar-refractivity contribution in [3.05, 3.63) is 17.7 Å². The van der Waals surface area contributed by atoms with Gasteiger partial charge in [-0.05, 0) is 25.7 Å². The lowest BCUT2D eigenvalue weighted by Gasteiger charge is -2.27. The summed E-state index contributed by atoms with van der Waals surface area (Å²) in [6.45, 7) is 5.44. The predicted octanol–water partition coefficient (Wildman–Crippen LogP) is 2.06. The number of amides is 3. The summed E-state index contributed by atoms with van der Waals surface area (Å²) in [6.07, 6.45) is 1.55. The Labute approximate surface area is 177 Å². The van der Waals surface area contributed by atoms with Gasteiger partial charge < -0.3 is 24.4 Å². The number of carboxylic acids is 1. The van der Waals surface area contributed by atoms with E-state index in [9.17, 15) is 22.8 Å². The second kappa shape index (κ2) is 9.56. The van der Waals surface area contributed by atoms with E-state index >= 15 is 0 Å². The fourth-order valence-corrected chi connectivity index (χ4v) is 3.97. The summed E-state index contributed by atoms with van der Waals surface area (Å²) < 4.78 is 33.9. The molecule has 4 heterocycles. The summed E-state index contributed by atoms with van der Waals surface area (Å²) in [4.78, 5) is 43.9. The van der Waals surface area contributed by atoms with Gasteiger partial charge in [0.15, 0.2) is 0 Å². The Morgan fingerprint density at radius 2 is 1.65 bits per heavy atom. The van der Waals surface area contributed by atoms with Gasteiger partial charge in [0.05, 0.1) is 30.8 Å². The van der Waals surface area contributed by atoms with Gasteiger partial charge in [0, 0.05) is 39.1 Å². The monoisotopic (exact) mass is 445 g/mol. The molecule has 1 N–H and O–H groups in total. The number of rotatable bonds is 2. The fraction of sp³-hybridized carbons (Fsp3) is 0.684. The number of alkyl halides is 3. The van der Waals surface area contributed by atoms with Crippen LogP contribution in [-0.4, -0.2) is 79.6 Å². The number of urea groups is 1. The van der Waals surface area contributed by atoms with Crippen molar-refractivity contribution in [3.8, 4) is 0 Å². The molecular weight excluding hydrogens is 419 g/mol. The highest BCUT2D eigenvalue weighted by Gasteiger charge is 2.38. The smallest absolute Gasteiger partial charge is 0.475 e. The first-order valence-corrected chi connectivity index (χ1v) is 10.3. The highest BCUT2D eigenvalue weighted by Crippen LogP contribution is 2.22. The van der Waals surface area contributed by atoms with Crippen LogP contribution in [0, 0.1) is 0 Å². The summed E-state index contributed by atoms with van der Waals surface area (Å²) in [7, 11) is 0. The van der Waals surface area contributed by atoms with Crippen molar-refractivity contribution >= 4 is 17.9 Å². The Hall–Kier alpha value is -2.79. The first kappa shape index (κ1) is 22.9. The molecule has 0 aromatic carbocycles. The maximum Gasteiger partial charge on any atom is 0.490 e. The third-order valence-corrected chi connectivity index (χ3v) is 5.60. The topological polar surface area (TPSA) is 99.0 Å². The zero-order valence-electron chi connectivity index (χ0n) is 17.1. The molecule has 0 radical (unpaired) electrons. The van der Waals surface area contributed by atoms with Gasteiger partial charge in [-0.1, -0.05) is 0 Å². The Balaban J connectivity index is 0.000000339. The molecule has 4 rings (SSSR count). The zero-order valence-corrected chi connectivity index (χ0v) is 17.1. The first-order valence-electron chi connectivity index (χ1n) is 10.3. The van der Waals surface area contributed by atoms with Crippen molar-refractivity contribution in [3.63, 3.8) is 0 Å². The summed E-state index contributed by atoms with van der Waals surface area (Å²) in [5, 5.41) is 7.12. The fourth-order valence-electron chi connectivity index (χ4n) is 3.97. The van der Waals surface area contributed by atoms with E-state index in [1.165, 1.54) is 0 Å². The predicted molar refractivity (Wildman–Crippen MR) is 102 cm³/mol. The highest BCUT2D eigenvalue weighted by molar-refractivity contribution is 5.78. The molecule has 3 aliphatic rings. The summed E-state index contributed by atoms with van der Waals surface area (Å²) >= 11 is 0. The van der Waals surface area contributed by atoms with Crippen molar-refractivity contribution < 1.29 is 32.7 Å². The number of nitrogens with zero attached hydrogens (tertiary/aromatic N) is 5. The van der Waals surface area contributed by atoms with E-state index in [1.54, 1.807) is 0 Å². The van der Waals surface area contributed by atoms with Gasteiger partial charge in [0.25, 0.3) is 0 Å². The number of aryl methyl sites for hydroxylation is 1. The second-order valence-electron chi connectivity index (χ2n) is 7.80. The lowest BCUT2D eigenvalue weighted by molar-refractivity contribution is -0.192. The van der Waals surface area contributed by atoms with E-state index in [2.05, 4.69) is 9.55 Å². The van der Waals surface area contributed by atoms with Gasteiger partial charge in [-0.15, -0.1) is 0 Å². The number of hydrogen-bond acceptors (Lipinski definition) is 4. The Kier molecular flexibility index (Phi) is 7.06. The van der Waals surface area contributed by atoms with E-state index in [0.717, 1.165) is 69.8 Å². The van der Waals surface area contributed by atoms with Gasteiger partial charge in [-0.2, -0.15) is 13.2 Å². The number of hydrogen-bond donors (Lipinski definition) is 1. The van der Waals surface area contributed by atoms with Crippen LogP contribution in [0.3, 0.4) is 0 Å². The molecule has 9 nitrogen and oxygen atoms in total. The number of imidazole rings is 1. The molecule has 0 unspecified atom stereocenters. The lowest BCUT2D eigenvalue weighted by Crippen LogP contribution is -2.41. The Morgan fingerprint density at radius 3 is 2.23 bits per heavy atom. The number of aromatic nitrogens is 2. The standard InChI is InChI=1S/C17H25N5O2.C2HF3O2/c23-16-5-3-8-20(16)11-14-15-12-21(9-4-10-22(15)13-18-14)17(24)19-6-1-2-7-19;3-2(4,5)1(6)7/h13H,1-12H2;(H,6,7). The molecule has 0 bridgehead atoms. The minimum absolute atomic E-state index is 0.158. The van der Waals surface area contributed by atoms with Gasteiger partial charge in [0.2, 0.25) is 5.91 Å². The van der Waals surface area contributed by atoms with Gasteiger partial charge in [-0.3, -0.25) is 4.79 Å². The molecule has 1 aromatic rings. The number of carbonyl (C=O) groups excluding carboxylic acids is 2. The molecular formula is C19H26F3N5O4. The van der Waals surface area contributed by atoms with E-state index in [4.69, 9.17) is 9.90 Å². The van der Waals surface area contributed by atoms with Crippen LogP contribution in [0.5, 0.6) is 0 Å². The number of likely N-dealkylation sites (tertiary alicyclic amines) is 2. The molecule has 2 fully saturated rings. The third-order valence-electron chi connectivity index (χ3n) is 5.60. The highest BCUT2D eigenvalue weighted by atomic mass is 19.4. The number of aliphatic carboxylic acids is 1. The number of halogens is 3. The third kappa shape index (κ3) is 5.67. The lowest BCUT2D eigenvalue weighted by atomic mass is 10.3.